The molecule has 0 saturated carbocycles. The maximum Gasteiger partial charge on any atom is 0.0949 e. The highest BCUT2D eigenvalue weighted by Crippen LogP contribution is 2.27. The number of imidazole rings is 1. The Kier molecular flexibility index (Phi) is 4.11. The highest BCUT2D eigenvalue weighted by Gasteiger charge is 2.26. The molecule has 4 heteroatoms. The predicted molar refractivity (Wildman–Crippen MR) is 79.4 cm³/mol. The van der Waals surface area contributed by atoms with Crippen molar-refractivity contribution in [2.24, 2.45) is 5.92 Å². The number of likely N-dealkylation sites (tertiary alicyclic amines) is 1. The van der Waals surface area contributed by atoms with Crippen LogP contribution in [0.15, 0.2) is 43.1 Å². The van der Waals surface area contributed by atoms with Crippen LogP contribution in [-0.2, 0) is 6.42 Å². The molecule has 3 heterocycles. The van der Waals surface area contributed by atoms with Crippen molar-refractivity contribution in [2.45, 2.75) is 25.8 Å². The van der Waals surface area contributed by atoms with Gasteiger partial charge in [-0.3, -0.25) is 4.98 Å². The SMILES string of the molecule is C[C@H]1CCN(CCc2ccccn2)C[C@@H]1n1ccnc1. The number of aromatic nitrogens is 3. The first kappa shape index (κ1) is 13.3. The van der Waals surface area contributed by atoms with Crippen LogP contribution in [0.2, 0.25) is 0 Å². The van der Waals surface area contributed by atoms with E-state index in [1.165, 1.54) is 18.7 Å². The molecule has 106 valence electrons. The van der Waals surface area contributed by atoms with E-state index < -0.39 is 0 Å². The van der Waals surface area contributed by atoms with Crippen LogP contribution in [0.5, 0.6) is 0 Å². The fourth-order valence-electron chi connectivity index (χ4n) is 2.99. The molecule has 0 spiro atoms. The van der Waals surface area contributed by atoms with Crippen molar-refractivity contribution in [3.8, 4) is 0 Å². The quantitative estimate of drug-likeness (QED) is 0.855. The van der Waals surface area contributed by atoms with Crippen LogP contribution in [0.3, 0.4) is 0 Å². The van der Waals surface area contributed by atoms with Gasteiger partial charge in [-0.25, -0.2) is 4.98 Å². The third kappa shape index (κ3) is 3.07. The minimum absolute atomic E-state index is 0.551. The first-order valence-electron chi connectivity index (χ1n) is 7.42. The summed E-state index contributed by atoms with van der Waals surface area (Å²) in [4.78, 5) is 11.1. The standard InChI is InChI=1S/C16H22N4/c1-14-5-9-19(10-6-15-4-2-3-7-18-15)12-16(14)20-11-8-17-13-20/h2-4,7-8,11,13-14,16H,5-6,9-10,12H2,1H3/t14-,16-/m0/s1. The van der Waals surface area contributed by atoms with Crippen molar-refractivity contribution < 1.29 is 0 Å². The lowest BCUT2D eigenvalue weighted by Crippen LogP contribution is -2.41. The predicted octanol–water partition coefficient (Wildman–Crippen LogP) is 2.40. The van der Waals surface area contributed by atoms with Crippen LogP contribution in [0.1, 0.15) is 25.1 Å². The number of pyridine rings is 1. The molecule has 1 aliphatic heterocycles. The molecule has 0 amide bonds. The molecule has 0 aromatic carbocycles. The monoisotopic (exact) mass is 270 g/mol. The lowest BCUT2D eigenvalue weighted by molar-refractivity contribution is 0.133. The Morgan fingerprint density at radius 2 is 2.25 bits per heavy atom. The fraction of sp³-hybridized carbons (Fsp3) is 0.500. The summed E-state index contributed by atoms with van der Waals surface area (Å²) in [7, 11) is 0. The molecule has 2 aromatic rings. The van der Waals surface area contributed by atoms with Gasteiger partial charge in [0.05, 0.1) is 6.33 Å². The summed E-state index contributed by atoms with van der Waals surface area (Å²) in [5.74, 6) is 0.718. The molecule has 20 heavy (non-hydrogen) atoms. The van der Waals surface area contributed by atoms with Crippen molar-refractivity contribution in [3.05, 3.63) is 48.8 Å². The fourth-order valence-corrected chi connectivity index (χ4v) is 2.99. The lowest BCUT2D eigenvalue weighted by atomic mass is 9.93. The Hall–Kier alpha value is -1.68. The number of hydrogen-bond donors (Lipinski definition) is 0. The Morgan fingerprint density at radius 3 is 3.00 bits per heavy atom. The smallest absolute Gasteiger partial charge is 0.0949 e. The van der Waals surface area contributed by atoms with Crippen molar-refractivity contribution in [3.63, 3.8) is 0 Å². The summed E-state index contributed by atoms with van der Waals surface area (Å²) < 4.78 is 2.26. The molecule has 0 radical (unpaired) electrons. The zero-order valence-electron chi connectivity index (χ0n) is 12.0. The molecule has 1 aliphatic rings. The van der Waals surface area contributed by atoms with Gasteiger partial charge in [-0.1, -0.05) is 13.0 Å². The zero-order chi connectivity index (χ0) is 13.8. The van der Waals surface area contributed by atoms with Gasteiger partial charge in [0.15, 0.2) is 0 Å². The first-order valence-corrected chi connectivity index (χ1v) is 7.42. The van der Waals surface area contributed by atoms with E-state index in [4.69, 9.17) is 0 Å². The van der Waals surface area contributed by atoms with Crippen molar-refractivity contribution >= 4 is 0 Å². The van der Waals surface area contributed by atoms with E-state index in [9.17, 15) is 0 Å². The lowest BCUT2D eigenvalue weighted by Gasteiger charge is -2.37. The van der Waals surface area contributed by atoms with Crippen LogP contribution < -0.4 is 0 Å². The molecular formula is C16H22N4. The van der Waals surface area contributed by atoms with Crippen molar-refractivity contribution in [2.75, 3.05) is 19.6 Å². The molecule has 2 aromatic heterocycles. The average Bonchev–Trinajstić information content (AvgIpc) is 3.01. The van der Waals surface area contributed by atoms with Gasteiger partial charge in [0.2, 0.25) is 0 Å². The van der Waals surface area contributed by atoms with E-state index in [-0.39, 0.29) is 0 Å². The van der Waals surface area contributed by atoms with Gasteiger partial charge < -0.3 is 9.47 Å². The van der Waals surface area contributed by atoms with E-state index in [1.54, 1.807) is 0 Å². The van der Waals surface area contributed by atoms with E-state index >= 15 is 0 Å². The first-order chi connectivity index (χ1) is 9.83. The number of piperidine rings is 1. The summed E-state index contributed by atoms with van der Waals surface area (Å²) in [6.07, 6.45) is 10.1. The van der Waals surface area contributed by atoms with E-state index in [0.717, 1.165) is 25.4 Å². The van der Waals surface area contributed by atoms with E-state index in [0.29, 0.717) is 6.04 Å². The van der Waals surface area contributed by atoms with Gasteiger partial charge in [0.1, 0.15) is 0 Å². The highest BCUT2D eigenvalue weighted by atomic mass is 15.2. The molecular weight excluding hydrogens is 248 g/mol. The number of hydrogen-bond acceptors (Lipinski definition) is 3. The molecule has 2 atom stereocenters. The maximum absolute atomic E-state index is 4.41. The summed E-state index contributed by atoms with van der Waals surface area (Å²) >= 11 is 0. The summed E-state index contributed by atoms with van der Waals surface area (Å²) in [6.45, 7) is 5.75. The minimum atomic E-state index is 0.551. The van der Waals surface area contributed by atoms with Gasteiger partial charge in [-0.05, 0) is 31.0 Å². The topological polar surface area (TPSA) is 34.0 Å². The maximum atomic E-state index is 4.41. The number of rotatable bonds is 4. The number of nitrogens with zero attached hydrogens (tertiary/aromatic N) is 4. The summed E-state index contributed by atoms with van der Waals surface area (Å²) in [6, 6.07) is 6.70. The van der Waals surface area contributed by atoms with E-state index in [2.05, 4.69) is 44.7 Å². The van der Waals surface area contributed by atoms with Crippen LogP contribution in [0, 0.1) is 5.92 Å². The average molecular weight is 270 g/mol. The van der Waals surface area contributed by atoms with Gasteiger partial charge in [-0.15, -0.1) is 0 Å². The van der Waals surface area contributed by atoms with Crippen LogP contribution in [-0.4, -0.2) is 39.1 Å². The second-order valence-corrected chi connectivity index (χ2v) is 5.71. The van der Waals surface area contributed by atoms with Crippen molar-refractivity contribution in [1.82, 2.24) is 19.4 Å². The van der Waals surface area contributed by atoms with Gasteiger partial charge in [0.25, 0.3) is 0 Å². The molecule has 0 unspecified atom stereocenters. The van der Waals surface area contributed by atoms with Crippen LogP contribution in [0.4, 0.5) is 0 Å². The molecule has 1 fully saturated rings. The molecule has 1 saturated heterocycles. The van der Waals surface area contributed by atoms with Crippen molar-refractivity contribution in [1.29, 1.82) is 0 Å². The molecule has 0 N–H and O–H groups in total. The Labute approximate surface area is 120 Å². The van der Waals surface area contributed by atoms with Gasteiger partial charge in [0, 0.05) is 49.8 Å². The minimum Gasteiger partial charge on any atom is -0.333 e. The van der Waals surface area contributed by atoms with Crippen LogP contribution in [0.25, 0.3) is 0 Å². The van der Waals surface area contributed by atoms with Crippen LogP contribution >= 0.6 is 0 Å². The molecule has 4 nitrogen and oxygen atoms in total. The second kappa shape index (κ2) is 6.18. The second-order valence-electron chi connectivity index (χ2n) is 5.71. The van der Waals surface area contributed by atoms with Gasteiger partial charge >= 0.3 is 0 Å². The molecule has 3 rings (SSSR count). The molecule has 0 bridgehead atoms. The normalized spacial score (nSPS) is 23.9. The third-order valence-corrected chi connectivity index (χ3v) is 4.32. The Balaban J connectivity index is 1.58. The molecule has 0 aliphatic carbocycles. The summed E-state index contributed by atoms with van der Waals surface area (Å²) in [5.41, 5.74) is 1.19. The zero-order valence-corrected chi connectivity index (χ0v) is 12.0. The van der Waals surface area contributed by atoms with E-state index in [1.807, 2.05) is 24.8 Å². The highest BCUT2D eigenvalue weighted by molar-refractivity contribution is 5.04. The Morgan fingerprint density at radius 1 is 1.30 bits per heavy atom. The largest absolute Gasteiger partial charge is 0.333 e. The summed E-state index contributed by atoms with van der Waals surface area (Å²) in [5, 5.41) is 0. The Bertz CT molecular complexity index is 509. The third-order valence-electron chi connectivity index (χ3n) is 4.32. The van der Waals surface area contributed by atoms with Gasteiger partial charge in [-0.2, -0.15) is 0 Å².